The predicted molar refractivity (Wildman–Crippen MR) is 115 cm³/mol. The highest BCUT2D eigenvalue weighted by Crippen LogP contribution is 2.25. The van der Waals surface area contributed by atoms with Gasteiger partial charge < -0.3 is 10.1 Å². The van der Waals surface area contributed by atoms with E-state index in [1.807, 2.05) is 31.2 Å². The van der Waals surface area contributed by atoms with Crippen LogP contribution in [-0.2, 0) is 22.7 Å². The van der Waals surface area contributed by atoms with E-state index in [1.165, 1.54) is 6.26 Å². The normalized spacial score (nSPS) is 11.3. The smallest absolute Gasteiger partial charge is 0.227 e. The monoisotopic (exact) mass is 431 g/mol. The van der Waals surface area contributed by atoms with Crippen LogP contribution in [-0.4, -0.2) is 31.8 Å². The highest BCUT2D eigenvalue weighted by Gasteiger charge is 2.10. The molecule has 0 spiro atoms. The quantitative estimate of drug-likeness (QED) is 0.597. The van der Waals surface area contributed by atoms with E-state index in [1.54, 1.807) is 31.5 Å². The van der Waals surface area contributed by atoms with Gasteiger partial charge in [0.05, 0.1) is 28.9 Å². The van der Waals surface area contributed by atoms with Crippen molar-refractivity contribution in [2.45, 2.75) is 24.7 Å². The lowest BCUT2D eigenvalue weighted by molar-refractivity contribution is 0.415. The zero-order chi connectivity index (χ0) is 21.0. The highest BCUT2D eigenvalue weighted by atomic mass is 35.5. The summed E-state index contributed by atoms with van der Waals surface area (Å²) in [4.78, 5) is 9.10. The van der Waals surface area contributed by atoms with E-state index in [0.717, 1.165) is 22.6 Å². The summed E-state index contributed by atoms with van der Waals surface area (Å²) >= 11 is 6.28. The summed E-state index contributed by atoms with van der Waals surface area (Å²) < 4.78 is 28.8. The van der Waals surface area contributed by atoms with Crippen LogP contribution in [0.15, 0.2) is 53.6 Å². The van der Waals surface area contributed by atoms with Gasteiger partial charge in [-0.15, -0.1) is 0 Å². The second-order valence-corrected chi connectivity index (χ2v) is 9.14. The molecule has 3 rings (SSSR count). The average molecular weight is 432 g/mol. The Hall–Kier alpha value is -2.64. The first kappa shape index (κ1) is 21.1. The summed E-state index contributed by atoms with van der Waals surface area (Å²) in [7, 11) is -1.62. The molecule has 0 aliphatic rings. The molecule has 0 fully saturated rings. The lowest BCUT2D eigenvalue weighted by Gasteiger charge is -2.11. The number of halogens is 1. The Kier molecular flexibility index (Phi) is 6.39. The molecule has 29 heavy (non-hydrogen) atoms. The molecule has 0 radical (unpaired) electrons. The molecular weight excluding hydrogens is 410 g/mol. The molecule has 0 saturated heterocycles. The third-order valence-electron chi connectivity index (χ3n) is 4.49. The molecule has 8 heteroatoms. The van der Waals surface area contributed by atoms with Gasteiger partial charge in [-0.2, -0.15) is 0 Å². The number of methoxy groups -OCH3 is 1. The first-order valence-electron chi connectivity index (χ1n) is 8.98. The molecule has 3 aromatic rings. The van der Waals surface area contributed by atoms with Crippen molar-refractivity contribution in [1.29, 1.82) is 0 Å². The Labute approximate surface area is 175 Å². The molecule has 0 bridgehead atoms. The van der Waals surface area contributed by atoms with Gasteiger partial charge in [0.1, 0.15) is 5.75 Å². The van der Waals surface area contributed by atoms with E-state index >= 15 is 0 Å². The zero-order valence-corrected chi connectivity index (χ0v) is 18.0. The molecule has 1 heterocycles. The zero-order valence-electron chi connectivity index (χ0n) is 16.4. The van der Waals surface area contributed by atoms with Crippen LogP contribution in [0.1, 0.15) is 16.8 Å². The van der Waals surface area contributed by atoms with Crippen molar-refractivity contribution in [3.05, 3.63) is 70.5 Å². The number of aryl methyl sites for hydroxylation is 3. The van der Waals surface area contributed by atoms with Crippen LogP contribution in [0.25, 0.3) is 0 Å². The Bertz CT molecular complexity index is 1130. The van der Waals surface area contributed by atoms with E-state index in [4.69, 9.17) is 16.3 Å². The summed E-state index contributed by atoms with van der Waals surface area (Å²) in [5, 5.41) is 3.67. The fourth-order valence-electron chi connectivity index (χ4n) is 2.82. The van der Waals surface area contributed by atoms with Gasteiger partial charge in [-0.05, 0) is 49.1 Å². The average Bonchev–Trinajstić information content (AvgIpc) is 2.69. The third kappa shape index (κ3) is 5.46. The number of nitrogens with zero attached hydrogens (tertiary/aromatic N) is 2. The summed E-state index contributed by atoms with van der Waals surface area (Å²) in [5.41, 5.74) is 3.47. The number of nitrogens with one attached hydrogen (secondary N) is 1. The maximum absolute atomic E-state index is 11.7. The van der Waals surface area contributed by atoms with Gasteiger partial charge in [0.15, 0.2) is 9.84 Å². The van der Waals surface area contributed by atoms with Crippen molar-refractivity contribution in [1.82, 2.24) is 9.97 Å². The van der Waals surface area contributed by atoms with Gasteiger partial charge in [-0.1, -0.05) is 29.8 Å². The van der Waals surface area contributed by atoms with Crippen molar-refractivity contribution in [2.24, 2.45) is 0 Å². The molecule has 0 aliphatic carbocycles. The predicted octanol–water partition coefficient (Wildman–Crippen LogP) is 4.38. The topological polar surface area (TPSA) is 81.2 Å². The second kappa shape index (κ2) is 8.80. The van der Waals surface area contributed by atoms with Crippen molar-refractivity contribution in [3.8, 4) is 5.75 Å². The van der Waals surface area contributed by atoms with Crippen molar-refractivity contribution < 1.29 is 13.2 Å². The molecule has 6 nitrogen and oxygen atoms in total. The molecule has 0 aliphatic heterocycles. The number of aromatic nitrogens is 2. The molecule has 1 N–H and O–H groups in total. The van der Waals surface area contributed by atoms with Gasteiger partial charge in [0.2, 0.25) is 5.95 Å². The van der Waals surface area contributed by atoms with Crippen molar-refractivity contribution in [3.63, 3.8) is 0 Å². The Balaban J connectivity index is 1.78. The minimum absolute atomic E-state index is 0.305. The molecule has 0 amide bonds. The van der Waals surface area contributed by atoms with Crippen molar-refractivity contribution >= 4 is 33.1 Å². The van der Waals surface area contributed by atoms with Gasteiger partial charge in [0.25, 0.3) is 0 Å². The maximum atomic E-state index is 11.7. The minimum Gasteiger partial charge on any atom is -0.497 e. The number of hydrogen-bond acceptors (Lipinski definition) is 6. The van der Waals surface area contributed by atoms with E-state index in [-0.39, 0.29) is 0 Å². The molecule has 0 saturated carbocycles. The lowest BCUT2D eigenvalue weighted by atomic mass is 10.1. The van der Waals surface area contributed by atoms with Gasteiger partial charge in [-0.25, -0.2) is 18.4 Å². The second-order valence-electron chi connectivity index (χ2n) is 6.71. The van der Waals surface area contributed by atoms with Crippen LogP contribution in [0.5, 0.6) is 5.75 Å². The van der Waals surface area contributed by atoms with Crippen LogP contribution in [0.2, 0.25) is 5.02 Å². The Morgan fingerprint density at radius 1 is 1.14 bits per heavy atom. The number of rotatable bonds is 7. The molecule has 1 aromatic heterocycles. The summed E-state index contributed by atoms with van der Waals surface area (Å²) in [6, 6.07) is 12.6. The molecule has 152 valence electrons. The fraction of sp³-hybridized carbons (Fsp3) is 0.238. The van der Waals surface area contributed by atoms with Crippen LogP contribution in [0, 0.1) is 6.92 Å². The van der Waals surface area contributed by atoms with E-state index in [2.05, 4.69) is 15.3 Å². The van der Waals surface area contributed by atoms with Crippen molar-refractivity contribution in [2.75, 3.05) is 18.7 Å². The SMILES string of the molecule is COc1ccc(C)c(Nc2ncc(Cl)c(CCc3cccc(S(C)(=O)=O)c3)n2)c1. The lowest BCUT2D eigenvalue weighted by Crippen LogP contribution is -2.04. The van der Waals surface area contributed by atoms with Gasteiger partial charge in [-0.3, -0.25) is 0 Å². The van der Waals surface area contributed by atoms with Crippen LogP contribution in [0.3, 0.4) is 0 Å². The number of hydrogen-bond donors (Lipinski definition) is 1. The molecule has 0 atom stereocenters. The number of sulfone groups is 1. The van der Waals surface area contributed by atoms with Crippen LogP contribution < -0.4 is 10.1 Å². The van der Waals surface area contributed by atoms with Gasteiger partial charge in [0, 0.05) is 18.0 Å². The summed E-state index contributed by atoms with van der Waals surface area (Å²) in [6.45, 7) is 1.98. The minimum atomic E-state index is -3.24. The van der Waals surface area contributed by atoms with E-state index in [0.29, 0.717) is 34.4 Å². The standard InChI is InChI=1S/C21H22ClN3O3S/c1-14-7-9-16(28-2)12-20(14)25-21-23-13-18(22)19(24-21)10-8-15-5-4-6-17(11-15)29(3,26)27/h4-7,9,11-13H,8,10H2,1-3H3,(H,23,24,25). The summed E-state index contributed by atoms with van der Waals surface area (Å²) in [5.74, 6) is 1.17. The van der Waals surface area contributed by atoms with Crippen LogP contribution in [0.4, 0.5) is 11.6 Å². The van der Waals surface area contributed by atoms with Crippen LogP contribution >= 0.6 is 11.6 Å². The first-order chi connectivity index (χ1) is 13.8. The Morgan fingerprint density at radius 3 is 2.66 bits per heavy atom. The summed E-state index contributed by atoms with van der Waals surface area (Å²) in [6.07, 6.45) is 3.93. The number of ether oxygens (including phenoxy) is 1. The van der Waals surface area contributed by atoms with E-state index in [9.17, 15) is 8.42 Å². The molecule has 0 unspecified atom stereocenters. The van der Waals surface area contributed by atoms with Gasteiger partial charge >= 0.3 is 0 Å². The molecule has 2 aromatic carbocycles. The first-order valence-corrected chi connectivity index (χ1v) is 11.3. The third-order valence-corrected chi connectivity index (χ3v) is 5.91. The number of benzene rings is 2. The fourth-order valence-corrected chi connectivity index (χ4v) is 3.69. The largest absolute Gasteiger partial charge is 0.497 e. The molecular formula is C21H22ClN3O3S. The maximum Gasteiger partial charge on any atom is 0.227 e. The van der Waals surface area contributed by atoms with E-state index < -0.39 is 9.84 Å². The number of anilines is 2. The Morgan fingerprint density at radius 2 is 1.93 bits per heavy atom. The highest BCUT2D eigenvalue weighted by molar-refractivity contribution is 7.90.